The van der Waals surface area contributed by atoms with E-state index in [1.807, 2.05) is 48.5 Å². The van der Waals surface area contributed by atoms with Crippen LogP contribution in [0.25, 0.3) is 6.08 Å². The first kappa shape index (κ1) is 13.4. The molecule has 2 N–H and O–H groups in total. The average Bonchev–Trinajstić information content (AvgIpc) is 2.82. The van der Waals surface area contributed by atoms with Crippen LogP contribution in [0.1, 0.15) is 5.56 Å². The van der Waals surface area contributed by atoms with Crippen LogP contribution in [-0.2, 0) is 4.79 Å². The normalized spacial score (nSPS) is 15.8. The molecule has 0 spiro atoms. The van der Waals surface area contributed by atoms with Gasteiger partial charge in [-0.1, -0.05) is 48.0 Å². The van der Waals surface area contributed by atoms with Crippen molar-refractivity contribution in [2.45, 2.75) is 0 Å². The van der Waals surface area contributed by atoms with E-state index < -0.39 is 0 Å². The molecule has 3 rings (SSSR count). The third kappa shape index (κ3) is 3.12. The molecule has 1 amide bonds. The van der Waals surface area contributed by atoms with Crippen molar-refractivity contribution >= 4 is 35.2 Å². The van der Waals surface area contributed by atoms with Gasteiger partial charge < -0.3 is 5.32 Å². The van der Waals surface area contributed by atoms with Gasteiger partial charge in [0.1, 0.15) is 5.70 Å². The van der Waals surface area contributed by atoms with Crippen molar-refractivity contribution in [2.24, 2.45) is 4.99 Å². The summed E-state index contributed by atoms with van der Waals surface area (Å²) in [5, 5.41) is 6.31. The molecule has 0 aliphatic carbocycles. The van der Waals surface area contributed by atoms with Crippen LogP contribution in [0.15, 0.2) is 65.3 Å². The molecule has 0 fully saturated rings. The predicted octanol–water partition coefficient (Wildman–Crippen LogP) is 3.28. The summed E-state index contributed by atoms with van der Waals surface area (Å²) >= 11 is 6.08. The predicted molar refractivity (Wildman–Crippen MR) is 85.1 cm³/mol. The highest BCUT2D eigenvalue weighted by Crippen LogP contribution is 2.20. The zero-order valence-electron chi connectivity index (χ0n) is 11.0. The Balaban J connectivity index is 1.84. The first-order valence-electron chi connectivity index (χ1n) is 6.41. The summed E-state index contributed by atoms with van der Waals surface area (Å²) in [7, 11) is 0. The minimum Gasteiger partial charge on any atom is -0.326 e. The minimum atomic E-state index is -0.256. The Morgan fingerprint density at radius 2 is 1.76 bits per heavy atom. The first-order chi connectivity index (χ1) is 10.2. The number of halogens is 1. The maximum atomic E-state index is 11.9. The van der Waals surface area contributed by atoms with Gasteiger partial charge in [0, 0.05) is 10.7 Å². The number of para-hydroxylation sites is 1. The number of aliphatic imine (C=N–C) groups is 1. The molecule has 0 bridgehead atoms. The van der Waals surface area contributed by atoms with Gasteiger partial charge in [-0.2, -0.15) is 0 Å². The number of carbonyl (C=O) groups excluding carboxylic acids is 1. The number of carbonyl (C=O) groups is 1. The molecule has 0 aromatic heterocycles. The molecule has 0 saturated heterocycles. The number of amides is 1. The molecular formula is C16H12ClN3O. The zero-order chi connectivity index (χ0) is 14.7. The standard InChI is InChI=1S/C16H12ClN3O/c17-13-9-5-4-6-11(13)10-14-15(21)20-16(19-14)18-12-7-2-1-3-8-12/h1-10H,(H2,18,19,20,21). The van der Waals surface area contributed by atoms with Gasteiger partial charge in [-0.25, -0.2) is 4.99 Å². The number of rotatable bonds is 2. The van der Waals surface area contributed by atoms with Gasteiger partial charge in [0.2, 0.25) is 5.96 Å². The highest BCUT2D eigenvalue weighted by atomic mass is 35.5. The molecule has 1 heterocycles. The van der Waals surface area contributed by atoms with Crippen LogP contribution in [0.4, 0.5) is 5.69 Å². The molecule has 2 aromatic carbocycles. The van der Waals surface area contributed by atoms with E-state index in [1.165, 1.54) is 0 Å². The van der Waals surface area contributed by atoms with E-state index in [-0.39, 0.29) is 5.91 Å². The highest BCUT2D eigenvalue weighted by molar-refractivity contribution is 6.32. The Morgan fingerprint density at radius 3 is 2.52 bits per heavy atom. The Labute approximate surface area is 127 Å². The molecule has 1 aliphatic heterocycles. The van der Waals surface area contributed by atoms with Crippen molar-refractivity contribution in [1.82, 2.24) is 5.32 Å². The summed E-state index contributed by atoms with van der Waals surface area (Å²) in [5.41, 5.74) is 1.94. The lowest BCUT2D eigenvalue weighted by atomic mass is 10.2. The maximum Gasteiger partial charge on any atom is 0.276 e. The number of benzene rings is 2. The molecule has 2 aromatic rings. The number of nitrogens with zero attached hydrogens (tertiary/aromatic N) is 1. The topological polar surface area (TPSA) is 53.5 Å². The lowest BCUT2D eigenvalue weighted by molar-refractivity contribution is -0.115. The van der Waals surface area contributed by atoms with Crippen LogP contribution < -0.4 is 10.6 Å². The SMILES string of the molecule is O=C1NC(Nc2ccccc2)=NC1=Cc1ccccc1Cl. The lowest BCUT2D eigenvalue weighted by Crippen LogP contribution is -2.29. The summed E-state index contributed by atoms with van der Waals surface area (Å²) in [6.07, 6.45) is 1.66. The van der Waals surface area contributed by atoms with Crippen LogP contribution in [0.3, 0.4) is 0 Å². The fraction of sp³-hybridized carbons (Fsp3) is 0. The van der Waals surface area contributed by atoms with Crippen molar-refractivity contribution in [3.05, 3.63) is 70.9 Å². The second-order valence-corrected chi connectivity index (χ2v) is 4.86. The molecule has 1 aliphatic rings. The molecule has 0 radical (unpaired) electrons. The third-order valence-corrected chi connectivity index (χ3v) is 3.28. The minimum absolute atomic E-state index is 0.256. The Kier molecular flexibility index (Phi) is 3.71. The Hall–Kier alpha value is -2.59. The van der Waals surface area contributed by atoms with Gasteiger partial charge in [0.25, 0.3) is 5.91 Å². The molecule has 5 heteroatoms. The number of hydrogen-bond donors (Lipinski definition) is 2. The third-order valence-electron chi connectivity index (χ3n) is 2.93. The average molecular weight is 298 g/mol. The molecule has 0 saturated carbocycles. The Bertz CT molecular complexity index is 738. The first-order valence-corrected chi connectivity index (χ1v) is 6.78. The van der Waals surface area contributed by atoms with Crippen LogP contribution in [0, 0.1) is 0 Å². The van der Waals surface area contributed by atoms with Crippen molar-refractivity contribution in [3.63, 3.8) is 0 Å². The Morgan fingerprint density at radius 1 is 1.05 bits per heavy atom. The van der Waals surface area contributed by atoms with E-state index in [0.29, 0.717) is 16.7 Å². The molecule has 0 atom stereocenters. The molecule has 4 nitrogen and oxygen atoms in total. The van der Waals surface area contributed by atoms with E-state index in [9.17, 15) is 4.79 Å². The van der Waals surface area contributed by atoms with Crippen LogP contribution >= 0.6 is 11.6 Å². The van der Waals surface area contributed by atoms with E-state index in [4.69, 9.17) is 11.6 Å². The van der Waals surface area contributed by atoms with E-state index in [1.54, 1.807) is 12.1 Å². The molecular weight excluding hydrogens is 286 g/mol. The highest BCUT2D eigenvalue weighted by Gasteiger charge is 2.20. The van der Waals surface area contributed by atoms with E-state index >= 15 is 0 Å². The van der Waals surface area contributed by atoms with Gasteiger partial charge >= 0.3 is 0 Å². The van der Waals surface area contributed by atoms with Gasteiger partial charge in [0.15, 0.2) is 0 Å². The number of guanidine groups is 1. The molecule has 21 heavy (non-hydrogen) atoms. The smallest absolute Gasteiger partial charge is 0.276 e. The number of anilines is 1. The fourth-order valence-electron chi connectivity index (χ4n) is 1.93. The van der Waals surface area contributed by atoms with Crippen molar-refractivity contribution in [2.75, 3.05) is 5.32 Å². The van der Waals surface area contributed by atoms with Gasteiger partial charge in [0.05, 0.1) is 0 Å². The van der Waals surface area contributed by atoms with Gasteiger partial charge in [-0.05, 0) is 29.8 Å². The van der Waals surface area contributed by atoms with Crippen LogP contribution in [0.5, 0.6) is 0 Å². The summed E-state index contributed by atoms with van der Waals surface area (Å²) in [5.74, 6) is 0.151. The van der Waals surface area contributed by atoms with Crippen molar-refractivity contribution in [1.29, 1.82) is 0 Å². The summed E-state index contributed by atoms with van der Waals surface area (Å²) in [4.78, 5) is 16.2. The summed E-state index contributed by atoms with van der Waals surface area (Å²) in [6, 6.07) is 16.8. The van der Waals surface area contributed by atoms with Gasteiger partial charge in [-0.3, -0.25) is 10.1 Å². The monoisotopic (exact) mass is 297 g/mol. The van der Waals surface area contributed by atoms with Crippen LogP contribution in [-0.4, -0.2) is 11.9 Å². The molecule has 0 unspecified atom stereocenters. The van der Waals surface area contributed by atoms with Gasteiger partial charge in [-0.15, -0.1) is 0 Å². The maximum absolute atomic E-state index is 11.9. The number of hydrogen-bond acceptors (Lipinski definition) is 3. The number of nitrogens with one attached hydrogen (secondary N) is 2. The molecule has 104 valence electrons. The van der Waals surface area contributed by atoms with E-state index in [2.05, 4.69) is 15.6 Å². The van der Waals surface area contributed by atoms with Crippen molar-refractivity contribution < 1.29 is 4.79 Å². The summed E-state index contributed by atoms with van der Waals surface area (Å²) in [6.45, 7) is 0. The zero-order valence-corrected chi connectivity index (χ0v) is 11.8. The van der Waals surface area contributed by atoms with E-state index in [0.717, 1.165) is 11.3 Å². The fourth-order valence-corrected chi connectivity index (χ4v) is 2.12. The van der Waals surface area contributed by atoms with Crippen molar-refractivity contribution in [3.8, 4) is 0 Å². The largest absolute Gasteiger partial charge is 0.326 e. The van der Waals surface area contributed by atoms with Crippen LogP contribution in [0.2, 0.25) is 5.02 Å². The quantitative estimate of drug-likeness (QED) is 0.836. The second-order valence-electron chi connectivity index (χ2n) is 4.46. The second kappa shape index (κ2) is 5.81. The summed E-state index contributed by atoms with van der Waals surface area (Å²) < 4.78 is 0. The lowest BCUT2D eigenvalue weighted by Gasteiger charge is -2.03.